The van der Waals surface area contributed by atoms with Crippen LogP contribution in [0.3, 0.4) is 0 Å². The zero-order valence-corrected chi connectivity index (χ0v) is 17.9. The predicted octanol–water partition coefficient (Wildman–Crippen LogP) is 2.75. The van der Waals surface area contributed by atoms with Crippen LogP contribution in [-0.2, 0) is 14.8 Å². The van der Waals surface area contributed by atoms with Crippen molar-refractivity contribution in [1.82, 2.24) is 9.62 Å². The van der Waals surface area contributed by atoms with Crippen LogP contribution in [-0.4, -0.2) is 52.1 Å². The Labute approximate surface area is 175 Å². The van der Waals surface area contributed by atoms with Gasteiger partial charge in [-0.05, 0) is 55.8 Å². The molecule has 0 aliphatic carbocycles. The van der Waals surface area contributed by atoms with E-state index in [-0.39, 0.29) is 22.8 Å². The Morgan fingerprint density at radius 2 is 1.90 bits per heavy atom. The van der Waals surface area contributed by atoms with Gasteiger partial charge in [-0.25, -0.2) is 22.3 Å². The molecule has 0 aliphatic heterocycles. The number of ether oxygens (including phenoxy) is 1. The van der Waals surface area contributed by atoms with Crippen LogP contribution in [0, 0.1) is 12.7 Å². The van der Waals surface area contributed by atoms with Crippen molar-refractivity contribution in [2.75, 3.05) is 26.0 Å². The first-order valence-corrected chi connectivity index (χ1v) is 10.5. The highest BCUT2D eigenvalue weighted by Crippen LogP contribution is 2.17. The number of halogens is 1. The minimum absolute atomic E-state index is 0.0933. The quantitative estimate of drug-likeness (QED) is 0.693. The average molecular weight is 437 g/mol. The number of nitrogens with one attached hydrogen (secondary N) is 2. The van der Waals surface area contributed by atoms with Gasteiger partial charge in [0.2, 0.25) is 10.0 Å². The van der Waals surface area contributed by atoms with E-state index < -0.39 is 28.1 Å². The Bertz CT molecular complexity index is 1040. The highest BCUT2D eigenvalue weighted by molar-refractivity contribution is 7.89. The summed E-state index contributed by atoms with van der Waals surface area (Å²) in [6, 6.07) is 9.06. The minimum Gasteiger partial charge on any atom is -0.453 e. The van der Waals surface area contributed by atoms with Gasteiger partial charge in [-0.1, -0.05) is 6.07 Å². The summed E-state index contributed by atoms with van der Waals surface area (Å²) in [5, 5.41) is 2.61. The third kappa shape index (κ3) is 6.01. The van der Waals surface area contributed by atoms with Crippen LogP contribution < -0.4 is 10.0 Å². The largest absolute Gasteiger partial charge is 0.453 e. The molecule has 1 unspecified atom stereocenters. The van der Waals surface area contributed by atoms with Gasteiger partial charge in [-0.15, -0.1) is 0 Å². The monoisotopic (exact) mass is 437 g/mol. The van der Waals surface area contributed by atoms with Crippen molar-refractivity contribution < 1.29 is 27.1 Å². The van der Waals surface area contributed by atoms with Crippen LogP contribution >= 0.6 is 0 Å². The van der Waals surface area contributed by atoms with Crippen LogP contribution in [0.4, 0.5) is 14.9 Å². The molecule has 0 saturated heterocycles. The molecule has 2 rings (SSSR count). The van der Waals surface area contributed by atoms with Crippen molar-refractivity contribution in [2.24, 2.45) is 0 Å². The standard InChI is InChI=1S/C20H24FN3O5S/c1-13-10-16(8-9-18(13)21)22-19(25)15-6-5-7-17(11-15)30(27,28)23-14(2)12-24(3)20(26)29-4/h5-11,14,23H,12H2,1-4H3,(H,22,25). The number of benzene rings is 2. The van der Waals surface area contributed by atoms with Gasteiger partial charge in [0.1, 0.15) is 5.82 Å². The van der Waals surface area contributed by atoms with Gasteiger partial charge in [0.05, 0.1) is 12.0 Å². The Hall–Kier alpha value is -2.98. The number of methoxy groups -OCH3 is 1. The molecule has 8 nitrogen and oxygen atoms in total. The number of carbonyl (C=O) groups excluding carboxylic acids is 2. The fraction of sp³-hybridized carbons (Fsp3) is 0.300. The fourth-order valence-corrected chi connectivity index (χ4v) is 4.02. The molecular formula is C20H24FN3O5S. The molecule has 0 bridgehead atoms. The summed E-state index contributed by atoms with van der Waals surface area (Å²) >= 11 is 0. The molecule has 1 atom stereocenters. The maximum Gasteiger partial charge on any atom is 0.409 e. The van der Waals surface area contributed by atoms with E-state index in [1.807, 2.05) is 0 Å². The molecule has 0 fully saturated rings. The summed E-state index contributed by atoms with van der Waals surface area (Å²) in [5.74, 6) is -0.921. The number of anilines is 1. The van der Waals surface area contributed by atoms with Crippen molar-refractivity contribution in [3.63, 3.8) is 0 Å². The number of aryl methyl sites for hydroxylation is 1. The molecule has 0 aromatic heterocycles. The zero-order chi connectivity index (χ0) is 22.5. The molecule has 0 radical (unpaired) electrons. The second-order valence-electron chi connectivity index (χ2n) is 6.82. The lowest BCUT2D eigenvalue weighted by Gasteiger charge is -2.21. The van der Waals surface area contributed by atoms with Gasteiger partial charge in [-0.3, -0.25) is 4.79 Å². The predicted molar refractivity (Wildman–Crippen MR) is 110 cm³/mol. The van der Waals surface area contributed by atoms with Crippen LogP contribution in [0.5, 0.6) is 0 Å². The SMILES string of the molecule is COC(=O)N(C)CC(C)NS(=O)(=O)c1cccc(C(=O)Nc2ccc(F)c(C)c2)c1. The first-order chi connectivity index (χ1) is 14.0. The summed E-state index contributed by atoms with van der Waals surface area (Å²) in [6.45, 7) is 3.27. The van der Waals surface area contributed by atoms with Gasteiger partial charge in [-0.2, -0.15) is 0 Å². The number of hydrogen-bond acceptors (Lipinski definition) is 5. The Balaban J connectivity index is 2.13. The number of likely N-dealkylation sites (N-methyl/N-ethyl adjacent to an activating group) is 1. The number of sulfonamides is 1. The lowest BCUT2D eigenvalue weighted by atomic mass is 10.2. The molecule has 2 N–H and O–H groups in total. The van der Waals surface area contributed by atoms with E-state index in [0.29, 0.717) is 11.3 Å². The highest BCUT2D eigenvalue weighted by atomic mass is 32.2. The second-order valence-corrected chi connectivity index (χ2v) is 8.53. The molecule has 30 heavy (non-hydrogen) atoms. The van der Waals surface area contributed by atoms with E-state index in [9.17, 15) is 22.4 Å². The van der Waals surface area contributed by atoms with E-state index in [2.05, 4.69) is 14.8 Å². The van der Waals surface area contributed by atoms with Gasteiger partial charge < -0.3 is 15.0 Å². The lowest BCUT2D eigenvalue weighted by molar-refractivity contribution is 0.102. The third-order valence-electron chi connectivity index (χ3n) is 4.21. The first kappa shape index (κ1) is 23.3. The molecular weight excluding hydrogens is 413 g/mol. The molecule has 2 amide bonds. The van der Waals surface area contributed by atoms with E-state index >= 15 is 0 Å². The Morgan fingerprint density at radius 3 is 2.53 bits per heavy atom. The highest BCUT2D eigenvalue weighted by Gasteiger charge is 2.21. The Morgan fingerprint density at radius 1 is 1.20 bits per heavy atom. The van der Waals surface area contributed by atoms with Crippen molar-refractivity contribution in [3.8, 4) is 0 Å². The molecule has 0 spiro atoms. The minimum atomic E-state index is -3.94. The maximum atomic E-state index is 13.4. The summed E-state index contributed by atoms with van der Waals surface area (Å²) in [5.41, 5.74) is 0.892. The normalized spacial score (nSPS) is 12.2. The molecule has 0 aliphatic rings. The van der Waals surface area contributed by atoms with Crippen molar-refractivity contribution in [2.45, 2.75) is 24.8 Å². The van der Waals surface area contributed by atoms with Crippen molar-refractivity contribution in [3.05, 3.63) is 59.4 Å². The van der Waals surface area contributed by atoms with Crippen LogP contribution in [0.25, 0.3) is 0 Å². The van der Waals surface area contributed by atoms with Crippen LogP contribution in [0.1, 0.15) is 22.8 Å². The summed E-state index contributed by atoms with van der Waals surface area (Å²) < 4.78 is 45.7. The van der Waals surface area contributed by atoms with E-state index in [4.69, 9.17) is 0 Å². The molecule has 0 heterocycles. The Kier molecular flexibility index (Phi) is 7.52. The molecule has 2 aromatic rings. The summed E-state index contributed by atoms with van der Waals surface area (Å²) in [7, 11) is -1.22. The van der Waals surface area contributed by atoms with E-state index in [0.717, 1.165) is 0 Å². The smallest absolute Gasteiger partial charge is 0.409 e. The summed E-state index contributed by atoms with van der Waals surface area (Å²) in [6.07, 6.45) is -0.587. The van der Waals surface area contributed by atoms with Gasteiger partial charge in [0.25, 0.3) is 5.91 Å². The third-order valence-corrected chi connectivity index (χ3v) is 5.80. The average Bonchev–Trinajstić information content (AvgIpc) is 2.69. The molecule has 0 saturated carbocycles. The van der Waals surface area contributed by atoms with Gasteiger partial charge >= 0.3 is 6.09 Å². The molecule has 162 valence electrons. The van der Waals surface area contributed by atoms with Gasteiger partial charge in [0.15, 0.2) is 0 Å². The van der Waals surface area contributed by atoms with Crippen LogP contribution in [0.2, 0.25) is 0 Å². The van der Waals surface area contributed by atoms with Crippen molar-refractivity contribution in [1.29, 1.82) is 0 Å². The van der Waals surface area contributed by atoms with E-state index in [1.54, 1.807) is 13.8 Å². The second kappa shape index (κ2) is 9.68. The molecule has 2 aromatic carbocycles. The zero-order valence-electron chi connectivity index (χ0n) is 17.1. The number of rotatable bonds is 7. The topological polar surface area (TPSA) is 105 Å². The van der Waals surface area contributed by atoms with Crippen LogP contribution in [0.15, 0.2) is 47.4 Å². The summed E-state index contributed by atoms with van der Waals surface area (Å²) in [4.78, 5) is 25.1. The molecule has 10 heteroatoms. The number of carbonyl (C=O) groups is 2. The van der Waals surface area contributed by atoms with Crippen molar-refractivity contribution >= 4 is 27.7 Å². The fourth-order valence-electron chi connectivity index (χ4n) is 2.74. The maximum absolute atomic E-state index is 13.4. The first-order valence-electron chi connectivity index (χ1n) is 9.02. The van der Waals surface area contributed by atoms with Gasteiger partial charge in [0, 0.05) is 30.9 Å². The number of hydrogen-bond donors (Lipinski definition) is 2. The van der Waals surface area contributed by atoms with E-state index in [1.165, 1.54) is 61.5 Å². The lowest BCUT2D eigenvalue weighted by Crippen LogP contribution is -2.42. The number of amides is 2. The number of nitrogens with zero attached hydrogens (tertiary/aromatic N) is 1.